The third kappa shape index (κ3) is 3.31. The summed E-state index contributed by atoms with van der Waals surface area (Å²) in [7, 11) is 0. The van der Waals surface area contributed by atoms with Crippen LogP contribution in [0.2, 0.25) is 0 Å². The molecule has 0 radical (unpaired) electrons. The highest BCUT2D eigenvalue weighted by molar-refractivity contribution is 6.08. The molecule has 1 atom stereocenters. The third-order valence-corrected chi connectivity index (χ3v) is 5.04. The van der Waals surface area contributed by atoms with Crippen molar-refractivity contribution >= 4 is 17.4 Å². The minimum atomic E-state index is -0.285. The molecule has 0 bridgehead atoms. The molecule has 1 aromatic heterocycles. The van der Waals surface area contributed by atoms with Crippen molar-refractivity contribution < 1.29 is 14.3 Å². The predicted octanol–water partition coefficient (Wildman–Crippen LogP) is 4.24. The molecule has 28 heavy (non-hydrogen) atoms. The molecular formula is C23H22N2O3. The number of para-hydroxylation sites is 2. The second kappa shape index (κ2) is 7.72. The quantitative estimate of drug-likeness (QED) is 0.657. The summed E-state index contributed by atoms with van der Waals surface area (Å²) in [5, 5.41) is 2.99. The Morgan fingerprint density at radius 3 is 2.57 bits per heavy atom. The Labute approximate surface area is 163 Å². The van der Waals surface area contributed by atoms with E-state index in [1.165, 1.54) is 0 Å². The van der Waals surface area contributed by atoms with E-state index < -0.39 is 0 Å². The minimum absolute atomic E-state index is 0.0189. The van der Waals surface area contributed by atoms with Gasteiger partial charge in [-0.25, -0.2) is 0 Å². The average molecular weight is 374 g/mol. The van der Waals surface area contributed by atoms with Crippen LogP contribution in [0.5, 0.6) is 5.75 Å². The van der Waals surface area contributed by atoms with Crippen LogP contribution in [0.3, 0.4) is 0 Å². The van der Waals surface area contributed by atoms with Crippen molar-refractivity contribution in [1.82, 2.24) is 4.57 Å². The van der Waals surface area contributed by atoms with E-state index in [-0.39, 0.29) is 17.6 Å². The van der Waals surface area contributed by atoms with Crippen molar-refractivity contribution in [2.75, 3.05) is 11.9 Å². The van der Waals surface area contributed by atoms with Crippen molar-refractivity contribution in [3.63, 3.8) is 0 Å². The van der Waals surface area contributed by atoms with Crippen LogP contribution >= 0.6 is 0 Å². The van der Waals surface area contributed by atoms with Crippen molar-refractivity contribution in [1.29, 1.82) is 0 Å². The lowest BCUT2D eigenvalue weighted by Crippen LogP contribution is -2.20. The molecule has 0 fully saturated rings. The zero-order valence-electron chi connectivity index (χ0n) is 15.7. The van der Waals surface area contributed by atoms with Crippen molar-refractivity contribution in [3.8, 4) is 5.75 Å². The molecule has 0 saturated heterocycles. The molecule has 142 valence electrons. The fourth-order valence-corrected chi connectivity index (χ4v) is 3.72. The molecule has 0 unspecified atom stereocenters. The van der Waals surface area contributed by atoms with E-state index in [1.54, 1.807) is 0 Å². The molecule has 5 nitrogen and oxygen atoms in total. The van der Waals surface area contributed by atoms with E-state index in [4.69, 9.17) is 4.74 Å². The zero-order chi connectivity index (χ0) is 19.5. The van der Waals surface area contributed by atoms with E-state index in [2.05, 4.69) is 5.32 Å². The first kappa shape index (κ1) is 18.0. The zero-order valence-corrected chi connectivity index (χ0v) is 15.7. The topological polar surface area (TPSA) is 60.3 Å². The Hall–Kier alpha value is -3.34. The van der Waals surface area contributed by atoms with E-state index >= 15 is 0 Å². The Morgan fingerprint density at radius 1 is 1.04 bits per heavy atom. The maximum Gasteiger partial charge on any atom is 0.233 e. The highest BCUT2D eigenvalue weighted by Crippen LogP contribution is 2.33. The number of carbonyl (C=O) groups excluding carboxylic acids is 2. The minimum Gasteiger partial charge on any atom is -0.492 e. The monoisotopic (exact) mass is 374 g/mol. The highest BCUT2D eigenvalue weighted by atomic mass is 16.5. The van der Waals surface area contributed by atoms with Gasteiger partial charge in [0.15, 0.2) is 0 Å². The summed E-state index contributed by atoms with van der Waals surface area (Å²) in [4.78, 5) is 25.7. The number of aromatic nitrogens is 1. The molecule has 2 aromatic carbocycles. The van der Waals surface area contributed by atoms with Gasteiger partial charge >= 0.3 is 0 Å². The Kier molecular flexibility index (Phi) is 4.98. The molecule has 1 aliphatic heterocycles. The lowest BCUT2D eigenvalue weighted by atomic mass is 10.0. The first-order valence-corrected chi connectivity index (χ1v) is 9.51. The summed E-state index contributed by atoms with van der Waals surface area (Å²) in [6.07, 6.45) is 0.674. The van der Waals surface area contributed by atoms with Crippen LogP contribution in [-0.2, 0) is 11.3 Å². The fourth-order valence-electron chi connectivity index (χ4n) is 3.72. The van der Waals surface area contributed by atoms with Gasteiger partial charge < -0.3 is 14.6 Å². The third-order valence-electron chi connectivity index (χ3n) is 5.04. The number of anilines is 1. The molecule has 0 saturated carbocycles. The van der Waals surface area contributed by atoms with E-state index in [1.807, 2.05) is 78.2 Å². The highest BCUT2D eigenvalue weighted by Gasteiger charge is 2.32. The number of carbonyl (C=O) groups is 2. The van der Waals surface area contributed by atoms with Crippen molar-refractivity contribution in [2.45, 2.75) is 25.8 Å². The number of fused-ring (bicyclic) bond motifs is 1. The summed E-state index contributed by atoms with van der Waals surface area (Å²) in [6.45, 7) is 3.10. The predicted molar refractivity (Wildman–Crippen MR) is 108 cm³/mol. The molecule has 2 heterocycles. The molecule has 0 aliphatic carbocycles. The SMILES string of the molecule is CCOc1ccccc1NC(=O)[C@H]1CCn2c(C(=O)c3ccccc3)ccc21. The van der Waals surface area contributed by atoms with Crippen LogP contribution in [0.15, 0.2) is 66.7 Å². The van der Waals surface area contributed by atoms with Gasteiger partial charge in [-0.2, -0.15) is 0 Å². The number of hydrogen-bond donors (Lipinski definition) is 1. The number of ketones is 1. The Morgan fingerprint density at radius 2 is 1.79 bits per heavy atom. The van der Waals surface area contributed by atoms with Crippen LogP contribution in [0, 0.1) is 0 Å². The van der Waals surface area contributed by atoms with Crippen molar-refractivity contribution in [2.24, 2.45) is 0 Å². The summed E-state index contributed by atoms with van der Waals surface area (Å²) in [5.74, 6) is 0.274. The van der Waals surface area contributed by atoms with Gasteiger partial charge in [-0.1, -0.05) is 42.5 Å². The van der Waals surface area contributed by atoms with Crippen LogP contribution in [0.4, 0.5) is 5.69 Å². The number of benzene rings is 2. The van der Waals surface area contributed by atoms with Crippen LogP contribution in [0.25, 0.3) is 0 Å². The molecule has 0 spiro atoms. The van der Waals surface area contributed by atoms with Gasteiger partial charge in [0.1, 0.15) is 5.75 Å². The van der Waals surface area contributed by atoms with E-state index in [0.29, 0.717) is 42.3 Å². The van der Waals surface area contributed by atoms with Gasteiger partial charge in [-0.3, -0.25) is 9.59 Å². The largest absolute Gasteiger partial charge is 0.492 e. The molecular weight excluding hydrogens is 352 g/mol. The van der Waals surface area contributed by atoms with Gasteiger partial charge in [0.25, 0.3) is 0 Å². The van der Waals surface area contributed by atoms with E-state index in [0.717, 1.165) is 5.69 Å². The normalized spacial score (nSPS) is 15.1. The number of rotatable bonds is 6. The Bertz CT molecular complexity index is 1010. The molecule has 5 heteroatoms. The summed E-state index contributed by atoms with van der Waals surface area (Å²) in [6, 6.07) is 20.3. The molecule has 4 rings (SSSR count). The molecule has 1 amide bonds. The smallest absolute Gasteiger partial charge is 0.233 e. The second-order valence-corrected chi connectivity index (χ2v) is 6.75. The number of nitrogens with one attached hydrogen (secondary N) is 1. The molecule has 1 aliphatic rings. The summed E-state index contributed by atoms with van der Waals surface area (Å²) >= 11 is 0. The van der Waals surface area contributed by atoms with Gasteiger partial charge in [0.05, 0.1) is 23.9 Å². The van der Waals surface area contributed by atoms with Crippen LogP contribution in [0.1, 0.15) is 41.0 Å². The van der Waals surface area contributed by atoms with Gasteiger partial charge in [0, 0.05) is 17.8 Å². The first-order chi connectivity index (χ1) is 13.7. The first-order valence-electron chi connectivity index (χ1n) is 9.51. The average Bonchev–Trinajstić information content (AvgIpc) is 3.32. The number of nitrogens with zero attached hydrogens (tertiary/aromatic N) is 1. The van der Waals surface area contributed by atoms with Crippen LogP contribution in [-0.4, -0.2) is 22.9 Å². The number of ether oxygens (including phenoxy) is 1. The number of amides is 1. The van der Waals surface area contributed by atoms with Gasteiger partial charge in [-0.05, 0) is 37.6 Å². The summed E-state index contributed by atoms with van der Waals surface area (Å²) < 4.78 is 7.56. The lowest BCUT2D eigenvalue weighted by Gasteiger charge is -2.14. The lowest BCUT2D eigenvalue weighted by molar-refractivity contribution is -0.117. The fraction of sp³-hybridized carbons (Fsp3) is 0.217. The van der Waals surface area contributed by atoms with Crippen molar-refractivity contribution in [3.05, 3.63) is 83.7 Å². The van der Waals surface area contributed by atoms with Crippen LogP contribution < -0.4 is 10.1 Å². The van der Waals surface area contributed by atoms with Gasteiger partial charge in [0.2, 0.25) is 11.7 Å². The molecule has 1 N–H and O–H groups in total. The van der Waals surface area contributed by atoms with E-state index in [9.17, 15) is 9.59 Å². The number of hydrogen-bond acceptors (Lipinski definition) is 3. The Balaban J connectivity index is 1.55. The second-order valence-electron chi connectivity index (χ2n) is 6.75. The standard InChI is InChI=1S/C23H22N2O3/c1-2-28-21-11-7-6-10-18(21)24-23(27)17-14-15-25-19(17)12-13-20(25)22(26)16-8-4-3-5-9-16/h3-13,17H,2,14-15H2,1H3,(H,24,27)/t17-/m0/s1. The van der Waals surface area contributed by atoms with Gasteiger partial charge in [-0.15, -0.1) is 0 Å². The maximum absolute atomic E-state index is 12.9. The summed E-state index contributed by atoms with van der Waals surface area (Å²) in [5.41, 5.74) is 2.83. The maximum atomic E-state index is 12.9. The molecule has 3 aromatic rings.